The molecule has 0 saturated heterocycles. The van der Waals surface area contributed by atoms with E-state index in [-0.39, 0.29) is 0 Å². The van der Waals surface area contributed by atoms with Gasteiger partial charge >= 0.3 is 0 Å². The Morgan fingerprint density at radius 2 is 0.520 bits per heavy atom. The third-order valence-corrected chi connectivity index (χ3v) is 23.0. The van der Waals surface area contributed by atoms with Crippen LogP contribution in [0.4, 0.5) is 0 Å². The Morgan fingerprint density at radius 1 is 0.211 bits per heavy atom. The summed E-state index contributed by atoms with van der Waals surface area (Å²) in [5.74, 6) is 5.92. The third-order valence-electron chi connectivity index (χ3n) is 21.8. The van der Waals surface area contributed by atoms with E-state index in [1.54, 1.807) is 23.7 Å². The zero-order chi connectivity index (χ0) is 82.4. The number of benzene rings is 13. The molecule has 16 nitrogen and oxygen atoms in total. The first-order valence-corrected chi connectivity index (χ1v) is 41.2. The number of hydrogen-bond donors (Lipinski definition) is 0. The lowest BCUT2D eigenvalue weighted by Gasteiger charge is -2.08. The minimum Gasteiger partial charge on any atom is -0.455 e. The number of rotatable bonds is 10. The molecule has 584 valence electrons. The van der Waals surface area contributed by atoms with Crippen molar-refractivity contribution in [3.8, 4) is 113 Å². The molecule has 0 radical (unpaired) electrons. The fourth-order valence-electron chi connectivity index (χ4n) is 16.1. The largest absolute Gasteiger partial charge is 0.455 e. The molecule has 0 aliphatic carbocycles. The van der Waals surface area contributed by atoms with Gasteiger partial charge < -0.3 is 17.7 Å². The zero-order valence-electron chi connectivity index (χ0n) is 66.9. The standard InChI is InChI=1S/C40H25N3O2.C28H17N3O2.C22H15N3S.C16H13N3/c1-24-41-39(27-20-16-25(17-21-27)29-10-6-12-33-31-8-2-4-14-35(31)44-37(29)33)43-40(42-24)28-22-18-26(19-23-28)30-11-7-13-34-32-9-3-5-15-36(32)45-38(30)34;1-16-29-27(21-12-6-10-19-17-8-2-4-14-23(17)32-25(19)21)31-28(30-16)22-13-7-11-20-18-9-3-5-15-24(18)33-26(20)22;1-14-23-21(15-8-3-2-4-9-15)25-22(24-14)18-12-7-11-17-16-10-5-6-13-19(16)26-20(17)18;1-12-10-15(13-6-2-4-8-17-13)19-16(11-12)14-7-3-5-9-18-14/h2-23H,1H3;2-15H,1H3;2-13H,1H3;2-11H,1H3. The van der Waals surface area contributed by atoms with Gasteiger partial charge in [0.15, 0.2) is 34.9 Å². The molecule has 0 fully saturated rings. The van der Waals surface area contributed by atoms with E-state index >= 15 is 0 Å². The number of hydrogen-bond acceptors (Lipinski definition) is 17. The molecule has 0 unspecified atom stereocenters. The van der Waals surface area contributed by atoms with Crippen LogP contribution < -0.4 is 0 Å². The topological polar surface area (TPSA) is 207 Å². The van der Waals surface area contributed by atoms with Crippen molar-refractivity contribution in [2.45, 2.75) is 27.7 Å². The molecule has 11 heterocycles. The summed E-state index contributed by atoms with van der Waals surface area (Å²) in [5, 5.41) is 11.3. The van der Waals surface area contributed by atoms with Crippen LogP contribution in [-0.2, 0) is 0 Å². The van der Waals surface area contributed by atoms with Crippen LogP contribution in [0.5, 0.6) is 0 Å². The van der Waals surface area contributed by atoms with Crippen molar-refractivity contribution in [1.82, 2.24) is 59.8 Å². The Kier molecular flexibility index (Phi) is 19.3. The van der Waals surface area contributed by atoms with E-state index in [9.17, 15) is 0 Å². The van der Waals surface area contributed by atoms with Gasteiger partial charge in [-0.15, -0.1) is 11.3 Å². The summed E-state index contributed by atoms with van der Waals surface area (Å²) in [7, 11) is 0. The average molecular weight is 1610 g/mol. The van der Waals surface area contributed by atoms with Crippen LogP contribution >= 0.6 is 11.3 Å². The molecule has 11 aromatic heterocycles. The minimum atomic E-state index is 0.579. The summed E-state index contributed by atoms with van der Waals surface area (Å²) in [6.45, 7) is 7.76. The number of nitrogens with zero attached hydrogens (tertiary/aromatic N) is 12. The van der Waals surface area contributed by atoms with Crippen molar-refractivity contribution in [3.05, 3.63) is 375 Å². The number of aromatic nitrogens is 12. The Labute approximate surface area is 708 Å². The van der Waals surface area contributed by atoms with Crippen molar-refractivity contribution < 1.29 is 17.7 Å². The molecular weight excluding hydrogens is 1540 g/mol. The van der Waals surface area contributed by atoms with E-state index in [1.807, 2.05) is 197 Å². The summed E-state index contributed by atoms with van der Waals surface area (Å²) >= 11 is 1.79. The predicted molar refractivity (Wildman–Crippen MR) is 495 cm³/mol. The van der Waals surface area contributed by atoms with Gasteiger partial charge in [0.25, 0.3) is 0 Å². The zero-order valence-corrected chi connectivity index (χ0v) is 67.7. The normalized spacial score (nSPS) is 11.4. The fraction of sp³-hybridized carbons (Fsp3) is 0.0377. The lowest BCUT2D eigenvalue weighted by Crippen LogP contribution is -1.99. The average Bonchev–Trinajstić information content (AvgIpc) is 1.75. The molecule has 0 atom stereocenters. The van der Waals surface area contributed by atoms with E-state index in [1.165, 1.54) is 20.2 Å². The SMILES string of the molecule is Cc1cc(-c2ccccn2)nc(-c2ccccn2)c1.Cc1nc(-c2ccc(-c3cccc4c3oc3ccccc34)cc2)nc(-c2ccc(-c3cccc4c3oc3ccccc34)cc2)n1.Cc1nc(-c2cccc3c2oc2ccccc23)nc(-c2cccc3c2oc2ccccc23)n1.Cc1nc(-c2ccccc2)nc(-c2cccc3c2sc2ccccc23)n1. The predicted octanol–water partition coefficient (Wildman–Crippen LogP) is 27.4. The first kappa shape index (κ1) is 74.3. The van der Waals surface area contributed by atoms with Gasteiger partial charge in [0, 0.05) is 109 Å². The van der Waals surface area contributed by atoms with Gasteiger partial charge in [0.1, 0.15) is 62.1 Å². The quantitative estimate of drug-likeness (QED) is 0.125. The minimum absolute atomic E-state index is 0.579. The first-order valence-electron chi connectivity index (χ1n) is 40.4. The van der Waals surface area contributed by atoms with Crippen LogP contribution in [0.15, 0.2) is 370 Å². The van der Waals surface area contributed by atoms with Crippen molar-refractivity contribution in [1.29, 1.82) is 0 Å². The molecule has 0 aliphatic heterocycles. The van der Waals surface area contributed by atoms with Crippen LogP contribution in [0.1, 0.15) is 23.0 Å². The van der Waals surface area contributed by atoms with Gasteiger partial charge in [-0.3, -0.25) is 9.97 Å². The molecular formula is C106H70N12O4S. The highest BCUT2D eigenvalue weighted by Gasteiger charge is 2.22. The first-order chi connectivity index (χ1) is 60.6. The summed E-state index contributed by atoms with van der Waals surface area (Å²) < 4.78 is 27.5. The van der Waals surface area contributed by atoms with E-state index in [2.05, 4.69) is 216 Å². The van der Waals surface area contributed by atoms with Crippen LogP contribution in [0, 0.1) is 27.7 Å². The Hall–Kier alpha value is -16.2. The molecule has 0 amide bonds. The number of fused-ring (bicyclic) bond motifs is 15. The van der Waals surface area contributed by atoms with E-state index in [0.717, 1.165) is 183 Å². The smallest absolute Gasteiger partial charge is 0.167 e. The number of aryl methyl sites for hydroxylation is 4. The molecule has 0 N–H and O–H groups in total. The van der Waals surface area contributed by atoms with Crippen LogP contribution in [0.3, 0.4) is 0 Å². The third kappa shape index (κ3) is 14.4. The van der Waals surface area contributed by atoms with Crippen molar-refractivity contribution in [3.63, 3.8) is 0 Å². The molecule has 24 aromatic rings. The number of furan rings is 4. The van der Waals surface area contributed by atoms with Gasteiger partial charge in [0.2, 0.25) is 0 Å². The molecule has 123 heavy (non-hydrogen) atoms. The Balaban J connectivity index is 0.000000106. The van der Waals surface area contributed by atoms with E-state index < -0.39 is 0 Å². The molecule has 0 bridgehead atoms. The van der Waals surface area contributed by atoms with E-state index in [0.29, 0.717) is 40.8 Å². The molecule has 0 saturated carbocycles. The van der Waals surface area contributed by atoms with Gasteiger partial charge in [0.05, 0.1) is 33.9 Å². The molecule has 0 spiro atoms. The second kappa shape index (κ2) is 31.9. The second-order valence-electron chi connectivity index (χ2n) is 29.9. The maximum atomic E-state index is 6.27. The Morgan fingerprint density at radius 3 is 0.943 bits per heavy atom. The second-order valence-corrected chi connectivity index (χ2v) is 30.9. The van der Waals surface area contributed by atoms with Crippen LogP contribution in [-0.4, -0.2) is 59.8 Å². The lowest BCUT2D eigenvalue weighted by atomic mass is 10.0. The number of pyridine rings is 3. The van der Waals surface area contributed by atoms with Gasteiger partial charge in [-0.25, -0.2) is 49.8 Å². The van der Waals surface area contributed by atoms with Crippen molar-refractivity contribution in [2.75, 3.05) is 0 Å². The molecule has 24 rings (SSSR count). The van der Waals surface area contributed by atoms with Gasteiger partial charge in [-0.05, 0) is 129 Å². The number of para-hydroxylation sites is 8. The summed E-state index contributed by atoms with van der Waals surface area (Å²) in [4.78, 5) is 55.7. The van der Waals surface area contributed by atoms with E-state index in [4.69, 9.17) is 32.6 Å². The summed E-state index contributed by atoms with van der Waals surface area (Å²) in [5.41, 5.74) is 21.3. The maximum absolute atomic E-state index is 6.27. The fourth-order valence-corrected chi connectivity index (χ4v) is 17.3. The van der Waals surface area contributed by atoms with Crippen LogP contribution in [0.25, 0.3) is 221 Å². The number of thiophene rings is 1. The van der Waals surface area contributed by atoms with Crippen LogP contribution in [0.2, 0.25) is 0 Å². The maximum Gasteiger partial charge on any atom is 0.167 e. The molecule has 13 aromatic carbocycles. The molecule has 17 heteroatoms. The molecule has 0 aliphatic rings. The van der Waals surface area contributed by atoms with Crippen molar-refractivity contribution in [2.24, 2.45) is 0 Å². The highest BCUT2D eigenvalue weighted by Crippen LogP contribution is 2.43. The monoisotopic (exact) mass is 1610 g/mol. The lowest BCUT2D eigenvalue weighted by molar-refractivity contribution is 0.668. The highest BCUT2D eigenvalue weighted by atomic mass is 32.1. The highest BCUT2D eigenvalue weighted by molar-refractivity contribution is 7.26. The Bertz CT molecular complexity index is 7770. The summed E-state index contributed by atoms with van der Waals surface area (Å²) in [6.07, 6.45) is 3.56. The summed E-state index contributed by atoms with van der Waals surface area (Å²) in [6, 6.07) is 114. The van der Waals surface area contributed by atoms with Crippen molar-refractivity contribution >= 4 is 119 Å². The van der Waals surface area contributed by atoms with Gasteiger partial charge in [-0.2, -0.15) is 0 Å². The van der Waals surface area contributed by atoms with Gasteiger partial charge in [-0.1, -0.05) is 255 Å².